The van der Waals surface area contributed by atoms with Crippen LogP contribution in [0.4, 0.5) is 0 Å². The predicted octanol–water partition coefficient (Wildman–Crippen LogP) is 2.12. The summed E-state index contributed by atoms with van der Waals surface area (Å²) in [6, 6.07) is 5.80. The second kappa shape index (κ2) is 4.12. The minimum absolute atomic E-state index is 0.137. The molecule has 0 aliphatic carbocycles. The second-order valence-corrected chi connectivity index (χ2v) is 4.92. The van der Waals surface area contributed by atoms with E-state index < -0.39 is 0 Å². The van der Waals surface area contributed by atoms with Gasteiger partial charge in [0.2, 0.25) is 0 Å². The van der Waals surface area contributed by atoms with Crippen molar-refractivity contribution in [2.75, 3.05) is 13.1 Å². The van der Waals surface area contributed by atoms with Crippen molar-refractivity contribution in [3.05, 3.63) is 29.6 Å². The van der Waals surface area contributed by atoms with Crippen LogP contribution in [0.3, 0.4) is 0 Å². The Kier molecular flexibility index (Phi) is 2.58. The maximum absolute atomic E-state index is 12.3. The first kappa shape index (κ1) is 11.3. The van der Waals surface area contributed by atoms with Crippen LogP contribution in [-0.2, 0) is 7.05 Å². The number of benzene rings is 1. The standard InChI is InChI=1S/C14H17N3O/c1-10-15-12-9-11(5-6-13(12)16(10)2)14(18)17-7-3-4-8-17/h5-6,9H,3-4,7-8H2,1-2H3. The number of nitrogens with zero attached hydrogens (tertiary/aromatic N) is 3. The average molecular weight is 243 g/mol. The molecule has 18 heavy (non-hydrogen) atoms. The average Bonchev–Trinajstić information content (AvgIpc) is 2.98. The van der Waals surface area contributed by atoms with Gasteiger partial charge in [-0.25, -0.2) is 4.98 Å². The fraction of sp³-hybridized carbons (Fsp3) is 0.429. The Morgan fingerprint density at radius 2 is 2.00 bits per heavy atom. The van der Waals surface area contributed by atoms with E-state index in [4.69, 9.17) is 0 Å². The van der Waals surface area contributed by atoms with Gasteiger partial charge in [0.05, 0.1) is 11.0 Å². The molecule has 1 aliphatic heterocycles. The lowest BCUT2D eigenvalue weighted by Gasteiger charge is -2.14. The Bertz CT molecular complexity index is 609. The molecule has 1 aromatic carbocycles. The number of hydrogen-bond donors (Lipinski definition) is 0. The van der Waals surface area contributed by atoms with Crippen molar-refractivity contribution in [2.45, 2.75) is 19.8 Å². The molecule has 0 N–H and O–H groups in total. The van der Waals surface area contributed by atoms with Crippen molar-refractivity contribution >= 4 is 16.9 Å². The molecule has 0 bridgehead atoms. The molecule has 1 fully saturated rings. The Morgan fingerprint density at radius 3 is 2.72 bits per heavy atom. The van der Waals surface area contributed by atoms with Gasteiger partial charge in [-0.15, -0.1) is 0 Å². The highest BCUT2D eigenvalue weighted by atomic mass is 16.2. The zero-order valence-corrected chi connectivity index (χ0v) is 10.8. The van der Waals surface area contributed by atoms with Crippen LogP contribution in [0.25, 0.3) is 11.0 Å². The van der Waals surface area contributed by atoms with Crippen LogP contribution < -0.4 is 0 Å². The minimum atomic E-state index is 0.137. The second-order valence-electron chi connectivity index (χ2n) is 4.92. The van der Waals surface area contributed by atoms with Crippen LogP contribution in [0.5, 0.6) is 0 Å². The number of likely N-dealkylation sites (tertiary alicyclic amines) is 1. The van der Waals surface area contributed by atoms with Gasteiger partial charge in [-0.05, 0) is 38.0 Å². The number of amides is 1. The van der Waals surface area contributed by atoms with Gasteiger partial charge in [-0.1, -0.05) is 0 Å². The molecule has 0 spiro atoms. The third-order valence-corrected chi connectivity index (χ3v) is 3.74. The molecular weight excluding hydrogens is 226 g/mol. The number of carbonyl (C=O) groups is 1. The minimum Gasteiger partial charge on any atom is -0.339 e. The summed E-state index contributed by atoms with van der Waals surface area (Å²) in [4.78, 5) is 18.7. The van der Waals surface area contributed by atoms with Crippen molar-refractivity contribution in [3.63, 3.8) is 0 Å². The highest BCUT2D eigenvalue weighted by molar-refractivity contribution is 5.97. The van der Waals surface area contributed by atoms with E-state index in [0.29, 0.717) is 0 Å². The van der Waals surface area contributed by atoms with Gasteiger partial charge < -0.3 is 9.47 Å². The van der Waals surface area contributed by atoms with Crippen molar-refractivity contribution in [1.82, 2.24) is 14.5 Å². The monoisotopic (exact) mass is 243 g/mol. The highest BCUT2D eigenvalue weighted by Gasteiger charge is 2.20. The number of hydrogen-bond acceptors (Lipinski definition) is 2. The zero-order valence-electron chi connectivity index (χ0n) is 10.8. The summed E-state index contributed by atoms with van der Waals surface area (Å²) in [7, 11) is 1.99. The molecule has 2 heterocycles. The van der Waals surface area contributed by atoms with Crippen LogP contribution in [-0.4, -0.2) is 33.4 Å². The first-order valence-corrected chi connectivity index (χ1v) is 6.39. The van der Waals surface area contributed by atoms with E-state index >= 15 is 0 Å². The highest BCUT2D eigenvalue weighted by Crippen LogP contribution is 2.19. The molecule has 3 rings (SSSR count). The molecular formula is C14H17N3O. The fourth-order valence-electron chi connectivity index (χ4n) is 2.56. The molecule has 0 unspecified atom stereocenters. The van der Waals surface area contributed by atoms with Gasteiger partial charge in [0, 0.05) is 25.7 Å². The van der Waals surface area contributed by atoms with Crippen molar-refractivity contribution in [2.24, 2.45) is 7.05 Å². The van der Waals surface area contributed by atoms with Crippen LogP contribution in [0.1, 0.15) is 29.0 Å². The van der Waals surface area contributed by atoms with E-state index in [2.05, 4.69) is 4.98 Å². The molecule has 1 aliphatic rings. The van der Waals surface area contributed by atoms with E-state index in [-0.39, 0.29) is 5.91 Å². The van der Waals surface area contributed by atoms with Crippen LogP contribution >= 0.6 is 0 Å². The topological polar surface area (TPSA) is 38.1 Å². The van der Waals surface area contributed by atoms with E-state index in [9.17, 15) is 4.79 Å². The van der Waals surface area contributed by atoms with E-state index in [1.807, 2.05) is 41.6 Å². The van der Waals surface area contributed by atoms with Crippen LogP contribution in [0.15, 0.2) is 18.2 Å². The third-order valence-electron chi connectivity index (χ3n) is 3.74. The van der Waals surface area contributed by atoms with Crippen molar-refractivity contribution < 1.29 is 4.79 Å². The van der Waals surface area contributed by atoms with Crippen molar-refractivity contribution in [1.29, 1.82) is 0 Å². The zero-order chi connectivity index (χ0) is 12.7. The number of imidazole rings is 1. The fourth-order valence-corrected chi connectivity index (χ4v) is 2.56. The molecule has 1 amide bonds. The van der Waals surface area contributed by atoms with Gasteiger partial charge in [0.25, 0.3) is 5.91 Å². The molecule has 4 heteroatoms. The quantitative estimate of drug-likeness (QED) is 0.769. The lowest BCUT2D eigenvalue weighted by atomic mass is 10.2. The number of aromatic nitrogens is 2. The summed E-state index contributed by atoms with van der Waals surface area (Å²) < 4.78 is 2.04. The normalized spacial score (nSPS) is 15.6. The maximum atomic E-state index is 12.3. The van der Waals surface area contributed by atoms with Crippen molar-refractivity contribution in [3.8, 4) is 0 Å². The van der Waals surface area contributed by atoms with Gasteiger partial charge in [-0.3, -0.25) is 4.79 Å². The lowest BCUT2D eigenvalue weighted by Crippen LogP contribution is -2.27. The lowest BCUT2D eigenvalue weighted by molar-refractivity contribution is 0.0793. The molecule has 94 valence electrons. The number of fused-ring (bicyclic) bond motifs is 1. The smallest absolute Gasteiger partial charge is 0.253 e. The molecule has 1 aromatic heterocycles. The molecule has 0 saturated carbocycles. The number of aryl methyl sites for hydroxylation is 2. The van der Waals surface area contributed by atoms with E-state index in [1.165, 1.54) is 0 Å². The van der Waals surface area contributed by atoms with E-state index in [0.717, 1.165) is 48.4 Å². The van der Waals surface area contributed by atoms with Gasteiger partial charge in [0.1, 0.15) is 5.82 Å². The Balaban J connectivity index is 2.00. The van der Waals surface area contributed by atoms with Crippen LogP contribution in [0, 0.1) is 6.92 Å². The molecule has 0 atom stereocenters. The maximum Gasteiger partial charge on any atom is 0.253 e. The molecule has 4 nitrogen and oxygen atoms in total. The number of carbonyl (C=O) groups excluding carboxylic acids is 1. The SMILES string of the molecule is Cc1nc2cc(C(=O)N3CCCC3)ccc2n1C. The molecule has 0 radical (unpaired) electrons. The summed E-state index contributed by atoms with van der Waals surface area (Å²) in [5, 5.41) is 0. The summed E-state index contributed by atoms with van der Waals surface area (Å²) in [6.07, 6.45) is 2.24. The van der Waals surface area contributed by atoms with E-state index in [1.54, 1.807) is 0 Å². The van der Waals surface area contributed by atoms with Gasteiger partial charge in [0.15, 0.2) is 0 Å². The van der Waals surface area contributed by atoms with Crippen LogP contribution in [0.2, 0.25) is 0 Å². The predicted molar refractivity (Wildman–Crippen MR) is 70.6 cm³/mol. The summed E-state index contributed by atoms with van der Waals surface area (Å²) in [6.45, 7) is 3.75. The third kappa shape index (κ3) is 1.68. The first-order valence-electron chi connectivity index (χ1n) is 6.39. The number of rotatable bonds is 1. The Labute approximate surface area is 106 Å². The molecule has 2 aromatic rings. The first-order chi connectivity index (χ1) is 8.66. The summed E-state index contributed by atoms with van der Waals surface area (Å²) in [5.41, 5.74) is 2.73. The summed E-state index contributed by atoms with van der Waals surface area (Å²) >= 11 is 0. The molecule has 1 saturated heterocycles. The Hall–Kier alpha value is -1.84. The van der Waals surface area contributed by atoms with Gasteiger partial charge in [-0.2, -0.15) is 0 Å². The largest absolute Gasteiger partial charge is 0.339 e. The van der Waals surface area contributed by atoms with Gasteiger partial charge >= 0.3 is 0 Å². The Morgan fingerprint density at radius 1 is 1.28 bits per heavy atom. The summed E-state index contributed by atoms with van der Waals surface area (Å²) in [5.74, 6) is 1.11.